The smallest absolute Gasteiger partial charge is 0.215 e. The first kappa shape index (κ1) is 20.4. The summed E-state index contributed by atoms with van der Waals surface area (Å²) in [4.78, 5) is 8.59. The maximum absolute atomic E-state index is 5.24. The summed E-state index contributed by atoms with van der Waals surface area (Å²) in [5, 5.41) is 12.6. The second-order valence-corrected chi connectivity index (χ2v) is 7.80. The highest BCUT2D eigenvalue weighted by molar-refractivity contribution is 5.56. The fourth-order valence-corrected chi connectivity index (χ4v) is 4.23. The zero-order valence-electron chi connectivity index (χ0n) is 18.0. The molecule has 1 aliphatic rings. The Labute approximate surface area is 177 Å². The number of piperazine rings is 1. The number of pyridine rings is 1. The predicted molar refractivity (Wildman–Crippen MR) is 115 cm³/mol. The number of nitrogens with zero attached hydrogens (tertiary/aromatic N) is 6. The largest absolute Gasteiger partial charge is 0.383 e. The number of tetrazole rings is 1. The molecule has 1 N–H and O–H groups in total. The lowest BCUT2D eigenvalue weighted by molar-refractivity contribution is -0.927. The Balaban J connectivity index is 1.57. The van der Waals surface area contributed by atoms with Gasteiger partial charge in [-0.15, -0.1) is 5.10 Å². The van der Waals surface area contributed by atoms with Crippen LogP contribution in [0.15, 0.2) is 42.6 Å². The monoisotopic (exact) mass is 408 g/mol. The van der Waals surface area contributed by atoms with Gasteiger partial charge >= 0.3 is 0 Å². The van der Waals surface area contributed by atoms with E-state index >= 15 is 0 Å². The number of ether oxygens (including phenoxy) is 1. The highest BCUT2D eigenvalue weighted by Gasteiger charge is 2.35. The molecular weight excluding hydrogens is 378 g/mol. The van der Waals surface area contributed by atoms with E-state index in [-0.39, 0.29) is 6.04 Å². The second kappa shape index (κ2) is 9.32. The molecule has 30 heavy (non-hydrogen) atoms. The van der Waals surface area contributed by atoms with Crippen LogP contribution >= 0.6 is 0 Å². The van der Waals surface area contributed by atoms with Crippen molar-refractivity contribution < 1.29 is 9.64 Å². The van der Waals surface area contributed by atoms with Crippen LogP contribution in [-0.4, -0.2) is 65.1 Å². The molecule has 1 aliphatic heterocycles. The third kappa shape index (κ3) is 4.20. The quantitative estimate of drug-likeness (QED) is 0.624. The molecule has 0 amide bonds. The van der Waals surface area contributed by atoms with Gasteiger partial charge in [-0.3, -0.25) is 4.98 Å². The topological polar surface area (TPSA) is 73.4 Å². The van der Waals surface area contributed by atoms with Gasteiger partial charge in [0.15, 0.2) is 6.04 Å². The van der Waals surface area contributed by atoms with Crippen LogP contribution in [0.5, 0.6) is 0 Å². The van der Waals surface area contributed by atoms with Crippen LogP contribution < -0.4 is 9.80 Å². The first-order valence-corrected chi connectivity index (χ1v) is 10.5. The predicted octanol–water partition coefficient (Wildman–Crippen LogP) is 0.826. The molecule has 3 aromatic rings. The summed E-state index contributed by atoms with van der Waals surface area (Å²) >= 11 is 0. The molecule has 1 aromatic carbocycles. The molecule has 8 heteroatoms. The van der Waals surface area contributed by atoms with E-state index in [1.807, 2.05) is 23.0 Å². The maximum atomic E-state index is 5.24. The summed E-state index contributed by atoms with van der Waals surface area (Å²) in [6.45, 7) is 9.55. The molecule has 1 fully saturated rings. The molecular formula is C22H30N7O+. The van der Waals surface area contributed by atoms with Gasteiger partial charge in [0, 0.05) is 19.0 Å². The standard InChI is InChI=1S/C22H29N7O/c1-17-7-6-9-20(18(17)2)27-11-13-28(14-12-27)21(19-8-4-5-10-23-19)22-24-25-26-29(22)15-16-30-3/h4-10,21H,11-16H2,1-3H3/p+1/t21-/m1/s1. The van der Waals surface area contributed by atoms with Gasteiger partial charge in [0.2, 0.25) is 5.82 Å². The van der Waals surface area contributed by atoms with Crippen molar-refractivity contribution in [1.82, 2.24) is 25.2 Å². The van der Waals surface area contributed by atoms with Crippen LogP contribution in [0.25, 0.3) is 0 Å². The van der Waals surface area contributed by atoms with Crippen molar-refractivity contribution >= 4 is 5.69 Å². The van der Waals surface area contributed by atoms with Crippen LogP contribution in [-0.2, 0) is 11.3 Å². The normalized spacial score (nSPS) is 16.0. The van der Waals surface area contributed by atoms with Gasteiger partial charge in [0.05, 0.1) is 39.3 Å². The van der Waals surface area contributed by atoms with Crippen molar-refractivity contribution in [3.05, 3.63) is 65.2 Å². The molecule has 2 aromatic heterocycles. The first-order chi connectivity index (χ1) is 14.7. The molecule has 158 valence electrons. The summed E-state index contributed by atoms with van der Waals surface area (Å²) in [6.07, 6.45) is 1.84. The number of aryl methyl sites for hydroxylation is 1. The van der Waals surface area contributed by atoms with Crippen LogP contribution in [0.3, 0.4) is 0 Å². The molecule has 4 rings (SSSR count). The number of methoxy groups -OCH3 is 1. The Hall–Kier alpha value is -2.84. The van der Waals surface area contributed by atoms with Gasteiger partial charge < -0.3 is 14.5 Å². The molecule has 1 saturated heterocycles. The van der Waals surface area contributed by atoms with E-state index in [1.165, 1.54) is 21.7 Å². The Bertz CT molecular complexity index is 951. The van der Waals surface area contributed by atoms with Gasteiger partial charge in [-0.1, -0.05) is 18.2 Å². The van der Waals surface area contributed by atoms with Crippen molar-refractivity contribution in [3.63, 3.8) is 0 Å². The van der Waals surface area contributed by atoms with Crippen LogP contribution in [0, 0.1) is 13.8 Å². The average molecular weight is 409 g/mol. The van der Waals surface area contributed by atoms with Crippen molar-refractivity contribution in [2.45, 2.75) is 26.4 Å². The molecule has 0 saturated carbocycles. The SMILES string of the molecule is COCCn1nnnc1[C@@H](c1ccccn1)[NH+]1CCN(c2cccc(C)c2C)CC1. The molecule has 0 radical (unpaired) electrons. The molecule has 0 aliphatic carbocycles. The number of anilines is 1. The van der Waals surface area contributed by atoms with E-state index in [2.05, 4.69) is 63.5 Å². The van der Waals surface area contributed by atoms with Crippen molar-refractivity contribution in [2.24, 2.45) is 0 Å². The van der Waals surface area contributed by atoms with Crippen molar-refractivity contribution in [1.29, 1.82) is 0 Å². The van der Waals surface area contributed by atoms with Gasteiger partial charge in [-0.2, -0.15) is 0 Å². The van der Waals surface area contributed by atoms with Crippen LogP contribution in [0.2, 0.25) is 0 Å². The lowest BCUT2D eigenvalue weighted by Crippen LogP contribution is -3.15. The Morgan fingerprint density at radius 2 is 1.93 bits per heavy atom. The lowest BCUT2D eigenvalue weighted by atomic mass is 10.1. The number of rotatable bonds is 7. The Morgan fingerprint density at radius 3 is 2.67 bits per heavy atom. The van der Waals surface area contributed by atoms with Gasteiger partial charge in [0.1, 0.15) is 5.69 Å². The van der Waals surface area contributed by atoms with E-state index in [1.54, 1.807) is 7.11 Å². The average Bonchev–Trinajstić information content (AvgIpc) is 3.24. The number of hydrogen-bond donors (Lipinski definition) is 1. The van der Waals surface area contributed by atoms with Crippen molar-refractivity contribution in [3.8, 4) is 0 Å². The molecule has 8 nitrogen and oxygen atoms in total. The van der Waals surface area contributed by atoms with Crippen LogP contribution in [0.1, 0.15) is 28.7 Å². The summed E-state index contributed by atoms with van der Waals surface area (Å²) in [5.74, 6) is 0.848. The molecule has 0 unspecified atom stereocenters. The minimum absolute atomic E-state index is 0.00110. The Kier molecular flexibility index (Phi) is 6.35. The number of quaternary nitrogens is 1. The second-order valence-electron chi connectivity index (χ2n) is 7.80. The van der Waals surface area contributed by atoms with Crippen molar-refractivity contribution in [2.75, 3.05) is 44.8 Å². The van der Waals surface area contributed by atoms with E-state index in [9.17, 15) is 0 Å². The number of hydrogen-bond acceptors (Lipinski definition) is 6. The fraction of sp³-hybridized carbons (Fsp3) is 0.455. The highest BCUT2D eigenvalue weighted by atomic mass is 16.5. The summed E-state index contributed by atoms with van der Waals surface area (Å²) in [7, 11) is 1.69. The number of nitrogens with one attached hydrogen (secondary N) is 1. The first-order valence-electron chi connectivity index (χ1n) is 10.5. The van der Waals surface area contributed by atoms with E-state index in [0.29, 0.717) is 13.2 Å². The van der Waals surface area contributed by atoms with Gasteiger partial charge in [-0.05, 0) is 53.6 Å². The molecule has 3 heterocycles. The highest BCUT2D eigenvalue weighted by Crippen LogP contribution is 2.23. The van der Waals surface area contributed by atoms with E-state index < -0.39 is 0 Å². The summed E-state index contributed by atoms with van der Waals surface area (Å²) in [6, 6.07) is 12.6. The van der Waals surface area contributed by atoms with E-state index in [4.69, 9.17) is 4.74 Å². The zero-order chi connectivity index (χ0) is 20.9. The maximum Gasteiger partial charge on any atom is 0.215 e. The summed E-state index contributed by atoms with van der Waals surface area (Å²) in [5.41, 5.74) is 5.05. The summed E-state index contributed by atoms with van der Waals surface area (Å²) < 4.78 is 7.09. The third-order valence-electron chi connectivity index (χ3n) is 6.04. The minimum atomic E-state index is -0.00110. The van der Waals surface area contributed by atoms with E-state index in [0.717, 1.165) is 37.7 Å². The minimum Gasteiger partial charge on any atom is -0.383 e. The third-order valence-corrected chi connectivity index (χ3v) is 6.04. The molecule has 0 spiro atoms. The zero-order valence-corrected chi connectivity index (χ0v) is 18.0. The van der Waals surface area contributed by atoms with Gasteiger partial charge in [-0.25, -0.2) is 4.68 Å². The molecule has 0 bridgehead atoms. The molecule has 1 atom stereocenters. The van der Waals surface area contributed by atoms with Gasteiger partial charge in [0.25, 0.3) is 0 Å². The van der Waals surface area contributed by atoms with Crippen LogP contribution in [0.4, 0.5) is 5.69 Å². The Morgan fingerprint density at radius 1 is 1.10 bits per heavy atom. The fourth-order valence-electron chi connectivity index (χ4n) is 4.23. The number of benzene rings is 1. The lowest BCUT2D eigenvalue weighted by Gasteiger charge is -2.37. The number of aromatic nitrogens is 5.